The zero-order valence-electron chi connectivity index (χ0n) is 5.34. The van der Waals surface area contributed by atoms with E-state index in [1.807, 2.05) is 0 Å². The standard InChI is InChI=1S/C2HF5O4S2/c3-1(4,5)13(10,11)2(6,7)12(8)9/h(H,8,9)/p-1. The van der Waals surface area contributed by atoms with E-state index in [1.165, 1.54) is 0 Å². The van der Waals surface area contributed by atoms with Gasteiger partial charge < -0.3 is 4.55 Å². The minimum atomic E-state index is -7.02. The van der Waals surface area contributed by atoms with E-state index in [4.69, 9.17) is 0 Å². The molecule has 0 aromatic heterocycles. The Labute approximate surface area is 70.9 Å². The Morgan fingerprint density at radius 1 is 1.08 bits per heavy atom. The fraction of sp³-hybridized carbons (Fsp3) is 1.00. The second-order valence-electron chi connectivity index (χ2n) is 1.65. The highest BCUT2D eigenvalue weighted by Crippen LogP contribution is 2.37. The first-order valence-corrected chi connectivity index (χ1v) is 4.78. The molecular formula is C2F5O4S2-. The van der Waals surface area contributed by atoms with Gasteiger partial charge in [0.2, 0.25) is 0 Å². The van der Waals surface area contributed by atoms with Gasteiger partial charge in [0.05, 0.1) is 0 Å². The number of sulfone groups is 1. The predicted octanol–water partition coefficient (Wildman–Crippen LogP) is 0.350. The van der Waals surface area contributed by atoms with Crippen LogP contribution in [0.25, 0.3) is 0 Å². The van der Waals surface area contributed by atoms with Crippen molar-refractivity contribution >= 4 is 20.9 Å². The Morgan fingerprint density at radius 3 is 1.46 bits per heavy atom. The van der Waals surface area contributed by atoms with Gasteiger partial charge in [0.25, 0.3) is 0 Å². The van der Waals surface area contributed by atoms with Gasteiger partial charge in [-0.2, -0.15) is 22.0 Å². The van der Waals surface area contributed by atoms with Crippen molar-refractivity contribution in [1.29, 1.82) is 0 Å². The van der Waals surface area contributed by atoms with Gasteiger partial charge >= 0.3 is 19.9 Å². The SMILES string of the molecule is O=S([O-])C(F)(F)S(=O)(=O)C(F)(F)F. The lowest BCUT2D eigenvalue weighted by molar-refractivity contribution is -0.0506. The van der Waals surface area contributed by atoms with Crippen molar-refractivity contribution in [3.8, 4) is 0 Å². The van der Waals surface area contributed by atoms with Gasteiger partial charge in [-0.15, -0.1) is 0 Å². The highest BCUT2D eigenvalue weighted by molar-refractivity contribution is 8.05. The Kier molecular flexibility index (Phi) is 3.06. The summed E-state index contributed by atoms with van der Waals surface area (Å²) in [5.41, 5.74) is -6.31. The molecule has 4 nitrogen and oxygen atoms in total. The molecule has 80 valence electrons. The van der Waals surface area contributed by atoms with Crippen molar-refractivity contribution < 1.29 is 39.1 Å². The molecule has 0 aliphatic rings. The van der Waals surface area contributed by atoms with E-state index < -0.39 is 31.0 Å². The molecule has 13 heavy (non-hydrogen) atoms. The van der Waals surface area contributed by atoms with E-state index in [0.29, 0.717) is 0 Å². The maximum atomic E-state index is 11.9. The summed E-state index contributed by atoms with van der Waals surface area (Å²) in [4.78, 5) is 0. The number of hydrogen-bond donors (Lipinski definition) is 0. The molecule has 0 rings (SSSR count). The van der Waals surface area contributed by atoms with Crippen LogP contribution >= 0.6 is 0 Å². The largest absolute Gasteiger partial charge is 0.767 e. The third-order valence-corrected chi connectivity index (χ3v) is 3.50. The molecule has 1 unspecified atom stereocenters. The topological polar surface area (TPSA) is 74.3 Å². The minimum Gasteiger partial charge on any atom is -0.767 e. The summed E-state index contributed by atoms with van der Waals surface area (Å²) in [7, 11) is -7.02. The molecular weight excluding hydrogens is 247 g/mol. The minimum absolute atomic E-state index is 4.68. The first-order valence-electron chi connectivity index (χ1n) is 2.22. The van der Waals surface area contributed by atoms with Crippen LogP contribution in [0.3, 0.4) is 0 Å². The molecule has 0 heterocycles. The van der Waals surface area contributed by atoms with Crippen LogP contribution in [0.4, 0.5) is 22.0 Å². The molecule has 0 aliphatic carbocycles. The Balaban J connectivity index is 5.45. The lowest BCUT2D eigenvalue weighted by Crippen LogP contribution is -2.42. The monoisotopic (exact) mass is 247 g/mol. The van der Waals surface area contributed by atoms with Crippen molar-refractivity contribution in [3.63, 3.8) is 0 Å². The maximum Gasteiger partial charge on any atom is 0.504 e. The fourth-order valence-electron chi connectivity index (χ4n) is 0.224. The smallest absolute Gasteiger partial charge is 0.504 e. The molecule has 0 spiro atoms. The van der Waals surface area contributed by atoms with Crippen molar-refractivity contribution in [3.05, 3.63) is 0 Å². The Hall–Kier alpha value is -0.290. The van der Waals surface area contributed by atoms with Crippen LogP contribution in [-0.4, -0.2) is 27.3 Å². The maximum absolute atomic E-state index is 11.9. The van der Waals surface area contributed by atoms with Crippen molar-refractivity contribution in [2.75, 3.05) is 0 Å². The second kappa shape index (κ2) is 3.13. The third kappa shape index (κ3) is 1.96. The molecule has 0 saturated carbocycles. The number of alkyl halides is 5. The van der Waals surface area contributed by atoms with E-state index in [1.54, 1.807) is 0 Å². The summed E-state index contributed by atoms with van der Waals surface area (Å²) < 4.78 is 90.7. The van der Waals surface area contributed by atoms with Gasteiger partial charge in [-0.3, -0.25) is 4.21 Å². The van der Waals surface area contributed by atoms with E-state index in [0.717, 1.165) is 0 Å². The summed E-state index contributed by atoms with van der Waals surface area (Å²) >= 11 is -4.68. The first-order chi connectivity index (χ1) is 5.44. The summed E-state index contributed by atoms with van der Waals surface area (Å²) in [5.74, 6) is 0. The molecule has 0 aromatic rings. The lowest BCUT2D eigenvalue weighted by Gasteiger charge is -2.19. The summed E-state index contributed by atoms with van der Waals surface area (Å²) in [6, 6.07) is 0. The van der Waals surface area contributed by atoms with Crippen LogP contribution in [0.1, 0.15) is 0 Å². The molecule has 0 radical (unpaired) electrons. The Morgan fingerprint density at radius 2 is 1.38 bits per heavy atom. The first kappa shape index (κ1) is 12.7. The molecule has 0 aromatic carbocycles. The van der Waals surface area contributed by atoms with Gasteiger partial charge in [0.1, 0.15) is 0 Å². The number of hydrogen-bond acceptors (Lipinski definition) is 4. The molecule has 0 aliphatic heterocycles. The molecule has 11 heteroatoms. The molecule has 0 bridgehead atoms. The number of halogens is 5. The van der Waals surface area contributed by atoms with Gasteiger partial charge in [0, 0.05) is 11.1 Å². The lowest BCUT2D eigenvalue weighted by atomic mass is 11.5. The average Bonchev–Trinajstić information content (AvgIpc) is 1.84. The van der Waals surface area contributed by atoms with Crippen LogP contribution < -0.4 is 0 Å². The highest BCUT2D eigenvalue weighted by atomic mass is 32.3. The van der Waals surface area contributed by atoms with E-state index >= 15 is 0 Å². The van der Waals surface area contributed by atoms with Crippen molar-refractivity contribution in [2.24, 2.45) is 0 Å². The van der Waals surface area contributed by atoms with Crippen molar-refractivity contribution in [1.82, 2.24) is 0 Å². The van der Waals surface area contributed by atoms with Crippen LogP contribution in [0, 0.1) is 0 Å². The number of rotatable bonds is 2. The van der Waals surface area contributed by atoms with Gasteiger partial charge in [-0.25, -0.2) is 8.42 Å². The molecule has 0 fully saturated rings. The zero-order valence-corrected chi connectivity index (χ0v) is 6.97. The van der Waals surface area contributed by atoms with E-state index in [-0.39, 0.29) is 0 Å². The summed E-state index contributed by atoms with van der Waals surface area (Å²) in [5, 5.41) is 0. The van der Waals surface area contributed by atoms with Gasteiger partial charge in [0.15, 0.2) is 0 Å². The normalized spacial score (nSPS) is 17.1. The van der Waals surface area contributed by atoms with Crippen molar-refractivity contribution in [2.45, 2.75) is 10.1 Å². The van der Waals surface area contributed by atoms with E-state index in [2.05, 4.69) is 0 Å². The molecule has 0 saturated heterocycles. The average molecular weight is 247 g/mol. The van der Waals surface area contributed by atoms with Crippen LogP contribution in [0.5, 0.6) is 0 Å². The van der Waals surface area contributed by atoms with Crippen LogP contribution in [-0.2, 0) is 20.9 Å². The van der Waals surface area contributed by atoms with E-state index in [9.17, 15) is 39.1 Å². The second-order valence-corrected chi connectivity index (χ2v) is 4.87. The Bertz CT molecular complexity index is 314. The molecule has 0 N–H and O–H groups in total. The highest BCUT2D eigenvalue weighted by Gasteiger charge is 2.63. The summed E-state index contributed by atoms with van der Waals surface area (Å²) in [6.07, 6.45) is 0. The molecule has 0 amide bonds. The zero-order chi connectivity index (χ0) is 11.1. The van der Waals surface area contributed by atoms with Crippen LogP contribution in [0.2, 0.25) is 0 Å². The predicted molar refractivity (Wildman–Crippen MR) is 28.8 cm³/mol. The van der Waals surface area contributed by atoms with Gasteiger partial charge in [-0.05, 0) is 0 Å². The molecule has 1 atom stereocenters. The van der Waals surface area contributed by atoms with Gasteiger partial charge in [-0.1, -0.05) is 0 Å². The summed E-state index contributed by atoms with van der Waals surface area (Å²) in [6.45, 7) is 0. The third-order valence-electron chi connectivity index (χ3n) is 0.812. The quantitative estimate of drug-likeness (QED) is 0.521. The fourth-order valence-corrected chi connectivity index (χ4v) is 1.49. The van der Waals surface area contributed by atoms with Crippen LogP contribution in [0.15, 0.2) is 0 Å².